The van der Waals surface area contributed by atoms with E-state index in [0.717, 1.165) is 33.7 Å². The van der Waals surface area contributed by atoms with Crippen LogP contribution in [-0.4, -0.2) is 18.3 Å². The Hall–Kier alpha value is -5.68. The van der Waals surface area contributed by atoms with E-state index in [0.29, 0.717) is 0 Å². The van der Waals surface area contributed by atoms with Crippen LogP contribution >= 0.6 is 0 Å². The molecule has 0 bridgehead atoms. The van der Waals surface area contributed by atoms with Gasteiger partial charge in [-0.3, -0.25) is 0 Å². The van der Waals surface area contributed by atoms with E-state index < -0.39 is 0 Å². The smallest absolute Gasteiger partial charge is 0.399 e. The zero-order chi connectivity index (χ0) is 35.7. The second-order valence-corrected chi connectivity index (χ2v) is 14.5. The highest BCUT2D eigenvalue weighted by Gasteiger charge is 2.51. The molecule has 7 aromatic rings. The summed E-state index contributed by atoms with van der Waals surface area (Å²) < 4.78 is 12.6. The van der Waals surface area contributed by atoms with Crippen LogP contribution in [0.15, 0.2) is 182 Å². The van der Waals surface area contributed by atoms with Crippen LogP contribution in [0.4, 0.5) is 17.1 Å². The van der Waals surface area contributed by atoms with E-state index in [4.69, 9.17) is 9.31 Å². The fourth-order valence-corrected chi connectivity index (χ4v) is 6.89. The Morgan fingerprint density at radius 3 is 1.08 bits per heavy atom. The van der Waals surface area contributed by atoms with E-state index in [-0.39, 0.29) is 18.3 Å². The topological polar surface area (TPSA) is 21.7 Å². The molecule has 0 radical (unpaired) electrons. The number of hydrogen-bond acceptors (Lipinski definition) is 3. The van der Waals surface area contributed by atoms with Gasteiger partial charge in [-0.2, -0.15) is 0 Å². The molecule has 8 rings (SSSR count). The SMILES string of the molecule is CC1(C)OB(c2ccc(-c3ccc(N(c4ccc(-c5ccccc5)cc4)c4ccc(-c5ccccc5-c5ccccc5)cc4)cc3)cc2)OC1(C)C. The van der Waals surface area contributed by atoms with E-state index in [1.165, 1.54) is 33.4 Å². The van der Waals surface area contributed by atoms with Gasteiger partial charge in [-0.05, 0) is 114 Å². The predicted octanol–water partition coefficient (Wildman–Crippen LogP) is 12.1. The van der Waals surface area contributed by atoms with Gasteiger partial charge in [0.15, 0.2) is 0 Å². The Bertz CT molecular complexity index is 2250. The third-order valence-electron chi connectivity index (χ3n) is 10.6. The standard InChI is InChI=1S/C48H42BNO2/c1-47(2)48(3,4)52-49(51-47)41-27-19-36(20-28-41)38-23-31-43(32-24-38)50(42-29-21-37(22-30-42)35-13-7-5-8-14-35)44-33-25-40(26-34-44)46-18-12-11-17-45(46)39-15-9-6-10-16-39/h5-34H,1-4H3. The molecular weight excluding hydrogens is 633 g/mol. The van der Waals surface area contributed by atoms with E-state index >= 15 is 0 Å². The Balaban J connectivity index is 1.11. The highest BCUT2D eigenvalue weighted by Crippen LogP contribution is 2.40. The largest absolute Gasteiger partial charge is 0.494 e. The van der Waals surface area contributed by atoms with Crippen LogP contribution in [0.5, 0.6) is 0 Å². The van der Waals surface area contributed by atoms with Crippen LogP contribution in [0.3, 0.4) is 0 Å². The quantitative estimate of drug-likeness (QED) is 0.150. The van der Waals surface area contributed by atoms with E-state index in [1.54, 1.807) is 0 Å². The minimum absolute atomic E-state index is 0.368. The van der Waals surface area contributed by atoms with Crippen molar-refractivity contribution >= 4 is 29.6 Å². The van der Waals surface area contributed by atoms with Gasteiger partial charge in [0.05, 0.1) is 11.2 Å². The van der Waals surface area contributed by atoms with Gasteiger partial charge >= 0.3 is 7.12 Å². The number of hydrogen-bond donors (Lipinski definition) is 0. The molecule has 0 aromatic heterocycles. The molecule has 1 heterocycles. The molecule has 0 saturated carbocycles. The summed E-state index contributed by atoms with van der Waals surface area (Å²) in [5.41, 5.74) is 13.1. The summed E-state index contributed by atoms with van der Waals surface area (Å²) in [5.74, 6) is 0. The summed E-state index contributed by atoms with van der Waals surface area (Å²) in [6, 6.07) is 64.9. The van der Waals surface area contributed by atoms with Gasteiger partial charge in [-0.15, -0.1) is 0 Å². The summed E-state index contributed by atoms with van der Waals surface area (Å²) in [6.45, 7) is 8.35. The average Bonchev–Trinajstić information content (AvgIpc) is 3.42. The van der Waals surface area contributed by atoms with Gasteiger partial charge in [0.25, 0.3) is 0 Å². The molecule has 0 aliphatic carbocycles. The first kappa shape index (κ1) is 33.5. The van der Waals surface area contributed by atoms with Gasteiger partial charge in [0.1, 0.15) is 0 Å². The van der Waals surface area contributed by atoms with Gasteiger partial charge in [-0.25, -0.2) is 0 Å². The second-order valence-electron chi connectivity index (χ2n) is 14.5. The minimum Gasteiger partial charge on any atom is -0.399 e. The van der Waals surface area contributed by atoms with Crippen molar-refractivity contribution in [3.05, 3.63) is 182 Å². The molecule has 1 fully saturated rings. The fraction of sp³-hybridized carbons (Fsp3) is 0.125. The lowest BCUT2D eigenvalue weighted by atomic mass is 9.78. The van der Waals surface area contributed by atoms with E-state index in [2.05, 4.69) is 215 Å². The zero-order valence-corrected chi connectivity index (χ0v) is 30.2. The number of benzene rings is 7. The number of rotatable bonds is 8. The molecule has 1 aliphatic rings. The molecule has 1 saturated heterocycles. The second kappa shape index (κ2) is 13.8. The van der Waals surface area contributed by atoms with Crippen molar-refractivity contribution in [1.82, 2.24) is 0 Å². The molecule has 0 N–H and O–H groups in total. The Labute approximate surface area is 308 Å². The van der Waals surface area contributed by atoms with Gasteiger partial charge in [-0.1, -0.05) is 146 Å². The zero-order valence-electron chi connectivity index (χ0n) is 30.2. The van der Waals surface area contributed by atoms with Crippen LogP contribution in [0.25, 0.3) is 44.5 Å². The monoisotopic (exact) mass is 675 g/mol. The summed E-state index contributed by atoms with van der Waals surface area (Å²) >= 11 is 0. The average molecular weight is 676 g/mol. The summed E-state index contributed by atoms with van der Waals surface area (Å²) in [4.78, 5) is 2.33. The highest BCUT2D eigenvalue weighted by atomic mass is 16.7. The first-order chi connectivity index (χ1) is 25.3. The fourth-order valence-electron chi connectivity index (χ4n) is 6.89. The van der Waals surface area contributed by atoms with Crippen molar-refractivity contribution in [1.29, 1.82) is 0 Å². The molecule has 0 spiro atoms. The first-order valence-electron chi connectivity index (χ1n) is 18.0. The summed E-state index contributed by atoms with van der Waals surface area (Å²) in [5, 5.41) is 0. The van der Waals surface area contributed by atoms with Gasteiger partial charge < -0.3 is 14.2 Å². The lowest BCUT2D eigenvalue weighted by Crippen LogP contribution is -2.41. The predicted molar refractivity (Wildman–Crippen MR) is 219 cm³/mol. The minimum atomic E-state index is -0.374. The molecule has 0 atom stereocenters. The third-order valence-corrected chi connectivity index (χ3v) is 10.6. The number of anilines is 3. The summed E-state index contributed by atoms with van der Waals surface area (Å²) in [6.07, 6.45) is 0. The van der Waals surface area contributed by atoms with E-state index in [1.807, 2.05) is 0 Å². The van der Waals surface area contributed by atoms with Crippen molar-refractivity contribution in [3.8, 4) is 44.5 Å². The molecule has 254 valence electrons. The number of nitrogens with zero attached hydrogens (tertiary/aromatic N) is 1. The van der Waals surface area contributed by atoms with Crippen molar-refractivity contribution in [3.63, 3.8) is 0 Å². The Morgan fingerprint density at radius 1 is 0.346 bits per heavy atom. The molecule has 7 aromatic carbocycles. The maximum atomic E-state index is 6.28. The van der Waals surface area contributed by atoms with Crippen LogP contribution in [-0.2, 0) is 9.31 Å². The van der Waals surface area contributed by atoms with Crippen molar-refractivity contribution in [2.24, 2.45) is 0 Å². The van der Waals surface area contributed by atoms with Crippen molar-refractivity contribution in [2.45, 2.75) is 38.9 Å². The molecular formula is C48H42BNO2. The summed E-state index contributed by atoms with van der Waals surface area (Å²) in [7, 11) is -0.374. The Kier molecular flexibility index (Phi) is 8.88. The van der Waals surface area contributed by atoms with Crippen LogP contribution in [0.1, 0.15) is 27.7 Å². The lowest BCUT2D eigenvalue weighted by Gasteiger charge is -2.32. The normalized spacial score (nSPS) is 14.7. The highest BCUT2D eigenvalue weighted by molar-refractivity contribution is 6.62. The van der Waals surface area contributed by atoms with Crippen molar-refractivity contribution in [2.75, 3.05) is 4.90 Å². The molecule has 4 heteroatoms. The van der Waals surface area contributed by atoms with Crippen LogP contribution in [0.2, 0.25) is 0 Å². The van der Waals surface area contributed by atoms with Crippen LogP contribution < -0.4 is 10.4 Å². The van der Waals surface area contributed by atoms with Crippen molar-refractivity contribution < 1.29 is 9.31 Å². The maximum Gasteiger partial charge on any atom is 0.494 e. The molecule has 1 aliphatic heterocycles. The first-order valence-corrected chi connectivity index (χ1v) is 18.0. The van der Waals surface area contributed by atoms with Gasteiger partial charge in [0.2, 0.25) is 0 Å². The molecule has 0 unspecified atom stereocenters. The van der Waals surface area contributed by atoms with E-state index in [9.17, 15) is 0 Å². The Morgan fingerprint density at radius 2 is 0.654 bits per heavy atom. The maximum absolute atomic E-state index is 6.28. The molecule has 0 amide bonds. The van der Waals surface area contributed by atoms with Gasteiger partial charge in [0, 0.05) is 17.1 Å². The lowest BCUT2D eigenvalue weighted by molar-refractivity contribution is 0.00578. The molecule has 52 heavy (non-hydrogen) atoms. The third kappa shape index (κ3) is 6.59. The van der Waals surface area contributed by atoms with Crippen LogP contribution in [0, 0.1) is 0 Å². The molecule has 3 nitrogen and oxygen atoms in total.